The van der Waals surface area contributed by atoms with Crippen LogP contribution in [0.2, 0.25) is 0 Å². The van der Waals surface area contributed by atoms with Crippen LogP contribution in [0.3, 0.4) is 0 Å². The Morgan fingerprint density at radius 2 is 2.28 bits per heavy atom. The number of fused-ring (bicyclic) bond motifs is 1. The number of rotatable bonds is 3. The Morgan fingerprint density at radius 3 is 3.12 bits per heavy atom. The van der Waals surface area contributed by atoms with Gasteiger partial charge in [0.05, 0.1) is 0 Å². The second kappa shape index (κ2) is 7.54. The Balaban J connectivity index is 0.00000182. The van der Waals surface area contributed by atoms with Crippen LogP contribution in [0.15, 0.2) is 24.3 Å². The monoisotopic (exact) mass is 364 g/mol. The minimum atomic E-state index is -0.226. The number of aromatic amines is 1. The van der Waals surface area contributed by atoms with Gasteiger partial charge in [-0.1, -0.05) is 12.1 Å². The van der Waals surface area contributed by atoms with Gasteiger partial charge in [0.2, 0.25) is 0 Å². The molecular weight excluding hydrogens is 343 g/mol. The predicted molar refractivity (Wildman–Crippen MR) is 95.4 cm³/mol. The van der Waals surface area contributed by atoms with E-state index in [1.54, 1.807) is 12.1 Å². The Hall–Kier alpha value is -1.92. The normalized spacial score (nSPS) is 19.4. The summed E-state index contributed by atoms with van der Waals surface area (Å²) in [6, 6.07) is 6.76. The van der Waals surface area contributed by atoms with Crippen LogP contribution in [0.25, 0.3) is 0 Å². The molecule has 1 aromatic heterocycles. The molecule has 0 saturated carbocycles. The number of carbonyl (C=O) groups is 1. The maximum Gasteiger partial charge on any atom is 0.274 e. The number of benzene rings is 1. The highest BCUT2D eigenvalue weighted by atomic mass is 35.5. The van der Waals surface area contributed by atoms with Crippen LogP contribution in [0, 0.1) is 5.82 Å². The summed E-state index contributed by atoms with van der Waals surface area (Å²) in [6.07, 6.45) is 3.50. The number of nitrogens with zero attached hydrogens (tertiary/aromatic N) is 2. The van der Waals surface area contributed by atoms with Crippen LogP contribution in [0.5, 0.6) is 0 Å². The Morgan fingerprint density at radius 1 is 1.40 bits per heavy atom. The van der Waals surface area contributed by atoms with E-state index in [1.807, 2.05) is 11.0 Å². The highest BCUT2D eigenvalue weighted by Gasteiger charge is 2.33. The molecule has 1 fully saturated rings. The number of carbonyl (C=O) groups excluding carboxylic acids is 1. The number of halogens is 2. The topological polar surface area (TPSA) is 61.0 Å². The third-order valence-electron chi connectivity index (χ3n) is 5.01. The van der Waals surface area contributed by atoms with Crippen LogP contribution in [0.4, 0.5) is 4.39 Å². The van der Waals surface area contributed by atoms with E-state index in [4.69, 9.17) is 0 Å². The molecule has 1 amide bonds. The first-order valence-corrected chi connectivity index (χ1v) is 8.54. The maximum atomic E-state index is 13.4. The van der Waals surface area contributed by atoms with E-state index in [0.29, 0.717) is 18.7 Å². The molecule has 2 N–H and O–H groups in total. The highest BCUT2D eigenvalue weighted by molar-refractivity contribution is 5.94. The molecule has 1 saturated heterocycles. The fourth-order valence-electron chi connectivity index (χ4n) is 3.79. The molecule has 5 nitrogen and oxygen atoms in total. The molecule has 0 bridgehead atoms. The molecule has 0 aliphatic carbocycles. The number of nitrogens with one attached hydrogen (secondary N) is 2. The summed E-state index contributed by atoms with van der Waals surface area (Å²) in [5.74, 6) is -0.231. The zero-order valence-corrected chi connectivity index (χ0v) is 14.7. The number of hydrogen-bond donors (Lipinski definition) is 2. The Bertz CT molecular complexity index is 763. The summed E-state index contributed by atoms with van der Waals surface area (Å²) in [4.78, 5) is 14.9. The molecule has 3 heterocycles. The van der Waals surface area contributed by atoms with Gasteiger partial charge in [-0.3, -0.25) is 9.89 Å². The van der Waals surface area contributed by atoms with Gasteiger partial charge in [0.25, 0.3) is 5.91 Å². The minimum Gasteiger partial charge on any atom is -0.334 e. The van der Waals surface area contributed by atoms with E-state index >= 15 is 0 Å². The molecule has 2 aliphatic rings. The van der Waals surface area contributed by atoms with Gasteiger partial charge < -0.3 is 10.2 Å². The lowest BCUT2D eigenvalue weighted by molar-refractivity contribution is 0.0729. The third kappa shape index (κ3) is 3.55. The zero-order chi connectivity index (χ0) is 16.5. The first-order chi connectivity index (χ1) is 11.7. The van der Waals surface area contributed by atoms with Crippen molar-refractivity contribution in [2.75, 3.05) is 13.1 Å². The molecule has 1 atom stereocenters. The molecule has 2 aromatic rings. The average Bonchev–Trinajstić information content (AvgIpc) is 3.21. The maximum absolute atomic E-state index is 13.4. The highest BCUT2D eigenvalue weighted by Crippen LogP contribution is 2.25. The van der Waals surface area contributed by atoms with Crippen LogP contribution < -0.4 is 5.32 Å². The molecular formula is C18H22ClFN4O. The van der Waals surface area contributed by atoms with E-state index in [1.165, 1.54) is 6.07 Å². The molecule has 7 heteroatoms. The molecule has 0 spiro atoms. The summed E-state index contributed by atoms with van der Waals surface area (Å²) < 4.78 is 13.4. The van der Waals surface area contributed by atoms with Gasteiger partial charge in [-0.25, -0.2) is 4.39 Å². The van der Waals surface area contributed by atoms with Crippen LogP contribution in [-0.2, 0) is 19.4 Å². The molecule has 25 heavy (non-hydrogen) atoms. The van der Waals surface area contributed by atoms with Gasteiger partial charge in [0, 0.05) is 43.4 Å². The second-order valence-corrected chi connectivity index (χ2v) is 6.58. The first kappa shape index (κ1) is 17.9. The van der Waals surface area contributed by atoms with Crippen LogP contribution in [-0.4, -0.2) is 40.1 Å². The summed E-state index contributed by atoms with van der Waals surface area (Å²) in [7, 11) is 0. The van der Waals surface area contributed by atoms with Crippen molar-refractivity contribution < 1.29 is 9.18 Å². The van der Waals surface area contributed by atoms with Gasteiger partial charge in [-0.05, 0) is 37.0 Å². The van der Waals surface area contributed by atoms with Crippen molar-refractivity contribution in [3.05, 3.63) is 52.6 Å². The predicted octanol–water partition coefficient (Wildman–Crippen LogP) is 2.46. The van der Waals surface area contributed by atoms with Gasteiger partial charge in [-0.2, -0.15) is 5.10 Å². The van der Waals surface area contributed by atoms with Crippen molar-refractivity contribution in [3.63, 3.8) is 0 Å². The van der Waals surface area contributed by atoms with Crippen molar-refractivity contribution in [2.45, 2.75) is 38.3 Å². The Labute approximate surface area is 152 Å². The van der Waals surface area contributed by atoms with Crippen molar-refractivity contribution >= 4 is 18.3 Å². The van der Waals surface area contributed by atoms with Crippen LogP contribution in [0.1, 0.15) is 40.2 Å². The van der Waals surface area contributed by atoms with E-state index < -0.39 is 0 Å². The average molecular weight is 365 g/mol. The lowest BCUT2D eigenvalue weighted by Gasteiger charge is -2.25. The largest absolute Gasteiger partial charge is 0.334 e. The van der Waals surface area contributed by atoms with Crippen molar-refractivity contribution in [3.8, 4) is 0 Å². The van der Waals surface area contributed by atoms with E-state index in [2.05, 4.69) is 15.5 Å². The fourth-order valence-corrected chi connectivity index (χ4v) is 3.79. The summed E-state index contributed by atoms with van der Waals surface area (Å²) in [5, 5.41) is 10.6. The van der Waals surface area contributed by atoms with E-state index in [9.17, 15) is 9.18 Å². The van der Waals surface area contributed by atoms with Crippen molar-refractivity contribution in [1.82, 2.24) is 20.4 Å². The number of aromatic nitrogens is 2. The van der Waals surface area contributed by atoms with Crippen molar-refractivity contribution in [1.29, 1.82) is 0 Å². The fraction of sp³-hybridized carbons (Fsp3) is 0.444. The Kier molecular flexibility index (Phi) is 5.39. The van der Waals surface area contributed by atoms with Gasteiger partial charge in [0.15, 0.2) is 5.69 Å². The minimum absolute atomic E-state index is 0. The quantitative estimate of drug-likeness (QED) is 0.879. The molecule has 0 radical (unpaired) electrons. The van der Waals surface area contributed by atoms with Gasteiger partial charge in [0.1, 0.15) is 5.82 Å². The summed E-state index contributed by atoms with van der Waals surface area (Å²) >= 11 is 0. The van der Waals surface area contributed by atoms with E-state index in [0.717, 1.165) is 49.2 Å². The standard InChI is InChI=1S/C18H21FN4O.ClH/c19-13-4-1-3-12(9-13)10-14-5-2-8-23(14)18(24)17-15-11-20-7-6-16(15)21-22-17;/h1,3-4,9,14,20H,2,5-8,10-11H2,(H,21,22);1H. The summed E-state index contributed by atoms with van der Waals surface area (Å²) in [5.41, 5.74) is 3.55. The first-order valence-electron chi connectivity index (χ1n) is 8.54. The molecule has 4 rings (SSSR count). The second-order valence-electron chi connectivity index (χ2n) is 6.58. The molecule has 1 aromatic carbocycles. The lowest BCUT2D eigenvalue weighted by atomic mass is 10.0. The number of likely N-dealkylation sites (tertiary alicyclic amines) is 1. The number of H-pyrrole nitrogens is 1. The van der Waals surface area contributed by atoms with E-state index in [-0.39, 0.29) is 30.2 Å². The third-order valence-corrected chi connectivity index (χ3v) is 5.01. The zero-order valence-electron chi connectivity index (χ0n) is 13.9. The number of amides is 1. The summed E-state index contributed by atoms with van der Waals surface area (Å²) in [6.45, 7) is 2.35. The molecule has 2 aliphatic heterocycles. The smallest absolute Gasteiger partial charge is 0.274 e. The lowest BCUT2D eigenvalue weighted by Crippen LogP contribution is -2.38. The SMILES string of the molecule is Cl.O=C(c1n[nH]c2c1CNCC2)N1CCCC1Cc1cccc(F)c1. The van der Waals surface area contributed by atoms with Gasteiger partial charge >= 0.3 is 0 Å². The molecule has 134 valence electrons. The van der Waals surface area contributed by atoms with Crippen molar-refractivity contribution in [2.24, 2.45) is 0 Å². The van der Waals surface area contributed by atoms with Gasteiger partial charge in [-0.15, -0.1) is 12.4 Å². The number of hydrogen-bond acceptors (Lipinski definition) is 3. The molecule has 1 unspecified atom stereocenters. The van der Waals surface area contributed by atoms with Crippen LogP contribution >= 0.6 is 12.4 Å².